The highest BCUT2D eigenvalue weighted by molar-refractivity contribution is 6.01. The normalized spacial score (nSPS) is 12.0. The van der Waals surface area contributed by atoms with E-state index in [1.165, 1.54) is 31.2 Å². The summed E-state index contributed by atoms with van der Waals surface area (Å²) < 4.78 is 5.11. The fourth-order valence-electron chi connectivity index (χ4n) is 2.35. The first-order valence-electron chi connectivity index (χ1n) is 8.03. The number of ketones is 1. The molecule has 0 N–H and O–H groups in total. The maximum Gasteiger partial charge on any atom is 0.331 e. The van der Waals surface area contributed by atoms with E-state index in [0.717, 1.165) is 17.2 Å². The van der Waals surface area contributed by atoms with Crippen molar-refractivity contribution in [3.05, 3.63) is 80.9 Å². The van der Waals surface area contributed by atoms with Crippen LogP contribution in [0, 0.1) is 24.0 Å². The third-order valence-corrected chi connectivity index (χ3v) is 3.99. The van der Waals surface area contributed by atoms with Gasteiger partial charge in [0.25, 0.3) is 5.69 Å². The highest BCUT2D eigenvalue weighted by atomic mass is 16.6. The average molecular weight is 353 g/mol. The monoisotopic (exact) mass is 353 g/mol. The van der Waals surface area contributed by atoms with Gasteiger partial charge in [-0.2, -0.15) is 0 Å². The number of nitrogens with zero attached hydrogens (tertiary/aromatic N) is 1. The predicted molar refractivity (Wildman–Crippen MR) is 97.9 cm³/mol. The van der Waals surface area contributed by atoms with Gasteiger partial charge in [-0.15, -0.1) is 0 Å². The van der Waals surface area contributed by atoms with Gasteiger partial charge in [-0.25, -0.2) is 4.79 Å². The molecule has 0 unspecified atom stereocenters. The van der Waals surface area contributed by atoms with Crippen LogP contribution in [0.15, 0.2) is 48.5 Å². The molecule has 0 saturated heterocycles. The Hall–Kier alpha value is -3.28. The number of para-hydroxylation sites is 1. The van der Waals surface area contributed by atoms with Crippen molar-refractivity contribution in [2.24, 2.45) is 0 Å². The van der Waals surface area contributed by atoms with Crippen LogP contribution in [0.1, 0.15) is 34.0 Å². The number of benzene rings is 2. The van der Waals surface area contributed by atoms with E-state index in [4.69, 9.17) is 4.74 Å². The minimum Gasteiger partial charge on any atom is -0.451 e. The zero-order valence-electron chi connectivity index (χ0n) is 14.8. The van der Waals surface area contributed by atoms with Crippen LogP contribution in [0.2, 0.25) is 0 Å². The number of aryl methyl sites for hydroxylation is 2. The lowest BCUT2D eigenvalue weighted by atomic mass is 10.0. The van der Waals surface area contributed by atoms with Gasteiger partial charge < -0.3 is 4.74 Å². The quantitative estimate of drug-likeness (QED) is 0.257. The molecule has 6 heteroatoms. The zero-order chi connectivity index (χ0) is 19.3. The number of Topliss-reactive ketones (excluding diaryl/α,β-unsaturated/α-hetero) is 1. The Kier molecular flexibility index (Phi) is 6.01. The Morgan fingerprint density at radius 1 is 1.12 bits per heavy atom. The molecule has 2 rings (SSSR count). The molecule has 0 aliphatic heterocycles. The van der Waals surface area contributed by atoms with Crippen LogP contribution >= 0.6 is 0 Å². The molecule has 134 valence electrons. The van der Waals surface area contributed by atoms with E-state index >= 15 is 0 Å². The molecular formula is C20H19NO5. The summed E-state index contributed by atoms with van der Waals surface area (Å²) in [4.78, 5) is 34.7. The lowest BCUT2D eigenvalue weighted by molar-refractivity contribution is -0.385. The number of carbonyl (C=O) groups excluding carboxylic acids is 2. The van der Waals surface area contributed by atoms with Crippen LogP contribution in [-0.4, -0.2) is 22.8 Å². The third-order valence-electron chi connectivity index (χ3n) is 3.99. The van der Waals surface area contributed by atoms with Crippen LogP contribution in [0.3, 0.4) is 0 Å². The number of ether oxygens (including phenoxy) is 1. The number of rotatable bonds is 6. The van der Waals surface area contributed by atoms with Crippen molar-refractivity contribution in [3.8, 4) is 0 Å². The molecule has 0 spiro atoms. The molecule has 0 heterocycles. The molecule has 0 bridgehead atoms. The summed E-state index contributed by atoms with van der Waals surface area (Å²) in [5.74, 6) is -1.05. The minimum atomic E-state index is -0.958. The SMILES string of the molecule is Cc1ccc(C(=O)[C@@H](C)OC(=O)/C=C/c2ccccc2[N+](=O)[O-])cc1C. The van der Waals surface area contributed by atoms with Crippen LogP contribution in [-0.2, 0) is 9.53 Å². The van der Waals surface area contributed by atoms with E-state index in [-0.39, 0.29) is 17.0 Å². The Morgan fingerprint density at radius 3 is 2.46 bits per heavy atom. The molecular weight excluding hydrogens is 334 g/mol. The number of carbonyl (C=O) groups is 2. The average Bonchev–Trinajstić information content (AvgIpc) is 2.61. The van der Waals surface area contributed by atoms with Crippen molar-refractivity contribution < 1.29 is 19.2 Å². The molecule has 1 atom stereocenters. The summed E-state index contributed by atoms with van der Waals surface area (Å²) in [7, 11) is 0. The number of hydrogen-bond donors (Lipinski definition) is 0. The molecule has 0 aliphatic carbocycles. The van der Waals surface area contributed by atoms with Gasteiger partial charge in [0.05, 0.1) is 10.5 Å². The summed E-state index contributed by atoms with van der Waals surface area (Å²) in [6.45, 7) is 5.34. The third kappa shape index (κ3) is 4.63. The van der Waals surface area contributed by atoms with Gasteiger partial charge in [0.2, 0.25) is 5.78 Å². The van der Waals surface area contributed by atoms with E-state index in [9.17, 15) is 19.7 Å². The first-order valence-corrected chi connectivity index (χ1v) is 8.03. The summed E-state index contributed by atoms with van der Waals surface area (Å²) in [6.07, 6.45) is 1.42. The van der Waals surface area contributed by atoms with Crippen LogP contribution < -0.4 is 0 Å². The standard InChI is InChI=1S/C20H19NO5/c1-13-8-9-17(12-14(13)2)20(23)15(3)26-19(22)11-10-16-6-4-5-7-18(16)21(24)25/h4-12,15H,1-3H3/b11-10+/t15-/m1/s1. The second-order valence-corrected chi connectivity index (χ2v) is 5.89. The number of nitro benzene ring substituents is 1. The highest BCUT2D eigenvalue weighted by Crippen LogP contribution is 2.19. The van der Waals surface area contributed by atoms with E-state index in [0.29, 0.717) is 5.56 Å². The van der Waals surface area contributed by atoms with Crippen LogP contribution in [0.4, 0.5) is 5.69 Å². The maximum absolute atomic E-state index is 12.4. The molecule has 0 aromatic heterocycles. The number of hydrogen-bond acceptors (Lipinski definition) is 5. The molecule has 0 aliphatic rings. The van der Waals surface area contributed by atoms with Crippen LogP contribution in [0.5, 0.6) is 0 Å². The highest BCUT2D eigenvalue weighted by Gasteiger charge is 2.19. The van der Waals surface area contributed by atoms with E-state index in [1.54, 1.807) is 18.2 Å². The molecule has 0 amide bonds. The van der Waals surface area contributed by atoms with Crippen molar-refractivity contribution in [3.63, 3.8) is 0 Å². The van der Waals surface area contributed by atoms with E-state index < -0.39 is 17.0 Å². The lowest BCUT2D eigenvalue weighted by Crippen LogP contribution is -2.23. The second kappa shape index (κ2) is 8.20. The predicted octanol–water partition coefficient (Wildman–Crippen LogP) is 4.04. The minimum absolute atomic E-state index is 0.115. The van der Waals surface area contributed by atoms with Gasteiger partial charge in [0, 0.05) is 17.7 Å². The number of esters is 1. The molecule has 0 radical (unpaired) electrons. The second-order valence-electron chi connectivity index (χ2n) is 5.89. The fourth-order valence-corrected chi connectivity index (χ4v) is 2.35. The summed E-state index contributed by atoms with van der Waals surface area (Å²) in [5.41, 5.74) is 2.68. The van der Waals surface area contributed by atoms with Gasteiger partial charge in [-0.05, 0) is 50.1 Å². The zero-order valence-corrected chi connectivity index (χ0v) is 14.8. The van der Waals surface area contributed by atoms with Crippen molar-refractivity contribution in [1.29, 1.82) is 0 Å². The first-order chi connectivity index (χ1) is 12.3. The Bertz CT molecular complexity index is 886. The largest absolute Gasteiger partial charge is 0.451 e. The summed E-state index contributed by atoms with van der Waals surface area (Å²) in [6, 6.07) is 11.3. The van der Waals surface area contributed by atoms with Crippen molar-refractivity contribution in [2.45, 2.75) is 26.9 Å². The lowest BCUT2D eigenvalue weighted by Gasteiger charge is -2.12. The molecule has 0 fully saturated rings. The van der Waals surface area contributed by atoms with E-state index in [1.807, 2.05) is 19.9 Å². The molecule has 0 saturated carbocycles. The van der Waals surface area contributed by atoms with Gasteiger partial charge in [-0.1, -0.05) is 24.3 Å². The van der Waals surface area contributed by atoms with Crippen molar-refractivity contribution in [2.75, 3.05) is 0 Å². The van der Waals surface area contributed by atoms with Gasteiger partial charge in [-0.3, -0.25) is 14.9 Å². The molecule has 2 aromatic rings. The molecule has 2 aromatic carbocycles. The molecule has 6 nitrogen and oxygen atoms in total. The van der Waals surface area contributed by atoms with Crippen molar-refractivity contribution >= 4 is 23.5 Å². The van der Waals surface area contributed by atoms with Gasteiger partial charge in [0.1, 0.15) is 0 Å². The van der Waals surface area contributed by atoms with Crippen LogP contribution in [0.25, 0.3) is 6.08 Å². The summed E-state index contributed by atoms with van der Waals surface area (Å²) in [5, 5.41) is 11.0. The van der Waals surface area contributed by atoms with Crippen molar-refractivity contribution in [1.82, 2.24) is 0 Å². The van der Waals surface area contributed by atoms with Gasteiger partial charge >= 0.3 is 5.97 Å². The summed E-state index contributed by atoms with van der Waals surface area (Å²) >= 11 is 0. The fraction of sp³-hybridized carbons (Fsp3) is 0.200. The number of nitro groups is 1. The Labute approximate surface area is 151 Å². The first kappa shape index (κ1) is 19.1. The van der Waals surface area contributed by atoms with Gasteiger partial charge in [0.15, 0.2) is 6.10 Å². The Morgan fingerprint density at radius 2 is 1.81 bits per heavy atom. The molecule has 26 heavy (non-hydrogen) atoms. The topological polar surface area (TPSA) is 86.5 Å². The maximum atomic E-state index is 12.4. The van der Waals surface area contributed by atoms with E-state index in [2.05, 4.69) is 0 Å². The smallest absolute Gasteiger partial charge is 0.331 e. The Balaban J connectivity index is 2.06.